The second kappa shape index (κ2) is 4.84. The monoisotopic (exact) mass is 259 g/mol. The Kier molecular flexibility index (Phi) is 3.53. The van der Waals surface area contributed by atoms with Crippen molar-refractivity contribution in [3.05, 3.63) is 29.8 Å². The Bertz CT molecular complexity index is 484. The number of β-amino-alcohol motifs (C(OH)–C–C–N with tert-alkyl or cyclic N) is 1. The van der Waals surface area contributed by atoms with Crippen LogP contribution in [0.3, 0.4) is 0 Å². The van der Waals surface area contributed by atoms with Crippen LogP contribution in [0.2, 0.25) is 0 Å². The second-order valence-electron chi connectivity index (χ2n) is 6.25. The maximum absolute atomic E-state index is 10.4. The summed E-state index contributed by atoms with van der Waals surface area (Å²) in [7, 11) is 0. The minimum absolute atomic E-state index is 0.0802. The number of anilines is 1. The predicted octanol–water partition coefficient (Wildman–Crippen LogP) is 1.50. The lowest BCUT2D eigenvalue weighted by atomic mass is 10.1. The zero-order valence-electron chi connectivity index (χ0n) is 11.8. The Morgan fingerprint density at radius 3 is 2.74 bits per heavy atom. The smallest absolute Gasteiger partial charge is 0.0992 e. The molecule has 19 heavy (non-hydrogen) atoms. The van der Waals surface area contributed by atoms with E-state index in [2.05, 4.69) is 30.1 Å². The summed E-state index contributed by atoms with van der Waals surface area (Å²) in [5.41, 5.74) is 0.766. The van der Waals surface area contributed by atoms with Crippen LogP contribution in [0, 0.1) is 11.3 Å². The van der Waals surface area contributed by atoms with Gasteiger partial charge in [0.1, 0.15) is 0 Å². The highest BCUT2D eigenvalue weighted by atomic mass is 16.3. The summed E-state index contributed by atoms with van der Waals surface area (Å²) >= 11 is 0. The van der Waals surface area contributed by atoms with Gasteiger partial charge in [0, 0.05) is 30.9 Å². The van der Waals surface area contributed by atoms with Crippen molar-refractivity contribution in [2.24, 2.45) is 0 Å². The van der Waals surface area contributed by atoms with Crippen LogP contribution in [0.4, 0.5) is 5.69 Å². The van der Waals surface area contributed by atoms with E-state index in [1.165, 1.54) is 0 Å². The largest absolute Gasteiger partial charge is 0.387 e. The van der Waals surface area contributed by atoms with Crippen molar-refractivity contribution in [3.8, 4) is 6.07 Å². The first-order valence-corrected chi connectivity index (χ1v) is 6.54. The third-order valence-corrected chi connectivity index (χ3v) is 3.41. The van der Waals surface area contributed by atoms with E-state index in [-0.39, 0.29) is 5.54 Å². The highest BCUT2D eigenvalue weighted by Gasteiger charge is 2.34. The van der Waals surface area contributed by atoms with Crippen LogP contribution in [0.1, 0.15) is 26.3 Å². The van der Waals surface area contributed by atoms with Crippen molar-refractivity contribution >= 4 is 5.69 Å². The lowest BCUT2D eigenvalue weighted by Gasteiger charge is -2.32. The van der Waals surface area contributed by atoms with E-state index in [4.69, 9.17) is 5.26 Å². The number of benzene rings is 1. The zero-order chi connectivity index (χ0) is 14.1. The number of nitrogens with one attached hydrogen (secondary N) is 1. The quantitative estimate of drug-likeness (QED) is 0.802. The minimum Gasteiger partial charge on any atom is -0.387 e. The van der Waals surface area contributed by atoms with E-state index in [0.29, 0.717) is 18.7 Å². The SMILES string of the molecule is CC1(O)CNC(C)(C)CN(c2cccc(C#N)c2)C1. The molecule has 1 aliphatic heterocycles. The van der Waals surface area contributed by atoms with Crippen molar-refractivity contribution < 1.29 is 5.11 Å². The van der Waals surface area contributed by atoms with Crippen LogP contribution in [-0.2, 0) is 0 Å². The number of nitrogens with zero attached hydrogens (tertiary/aromatic N) is 2. The van der Waals surface area contributed by atoms with Gasteiger partial charge in [-0.25, -0.2) is 0 Å². The van der Waals surface area contributed by atoms with Crippen molar-refractivity contribution in [2.45, 2.75) is 31.9 Å². The van der Waals surface area contributed by atoms with Crippen LogP contribution in [-0.4, -0.2) is 35.9 Å². The van der Waals surface area contributed by atoms with Crippen molar-refractivity contribution in [1.82, 2.24) is 5.32 Å². The van der Waals surface area contributed by atoms with Crippen LogP contribution in [0.15, 0.2) is 24.3 Å². The highest BCUT2D eigenvalue weighted by Crippen LogP contribution is 2.24. The first-order chi connectivity index (χ1) is 8.81. The van der Waals surface area contributed by atoms with Gasteiger partial charge in [0.25, 0.3) is 0 Å². The van der Waals surface area contributed by atoms with E-state index in [9.17, 15) is 5.11 Å². The molecule has 0 amide bonds. The summed E-state index contributed by atoms with van der Waals surface area (Å²) in [5.74, 6) is 0. The molecular weight excluding hydrogens is 238 g/mol. The summed E-state index contributed by atoms with van der Waals surface area (Å²) in [5, 5.41) is 22.7. The van der Waals surface area contributed by atoms with Gasteiger partial charge in [-0.05, 0) is 39.0 Å². The van der Waals surface area contributed by atoms with Gasteiger partial charge < -0.3 is 15.3 Å². The maximum Gasteiger partial charge on any atom is 0.0992 e. The molecule has 1 heterocycles. The van der Waals surface area contributed by atoms with Gasteiger partial charge >= 0.3 is 0 Å². The van der Waals surface area contributed by atoms with E-state index in [1.807, 2.05) is 25.1 Å². The number of aliphatic hydroxyl groups is 1. The molecule has 0 bridgehead atoms. The second-order valence-corrected chi connectivity index (χ2v) is 6.25. The number of hydrogen-bond acceptors (Lipinski definition) is 4. The predicted molar refractivity (Wildman–Crippen MR) is 76.1 cm³/mol. The molecule has 0 aromatic heterocycles. The van der Waals surface area contributed by atoms with E-state index >= 15 is 0 Å². The summed E-state index contributed by atoms with van der Waals surface area (Å²) in [6.07, 6.45) is 0. The normalized spacial score (nSPS) is 26.6. The third-order valence-electron chi connectivity index (χ3n) is 3.41. The Hall–Kier alpha value is -1.57. The molecule has 2 rings (SSSR count). The molecule has 1 atom stereocenters. The van der Waals surface area contributed by atoms with Gasteiger partial charge in [-0.3, -0.25) is 0 Å². The summed E-state index contributed by atoms with van der Waals surface area (Å²) in [4.78, 5) is 2.14. The van der Waals surface area contributed by atoms with Gasteiger partial charge in [-0.15, -0.1) is 0 Å². The Labute approximate surface area is 114 Å². The molecule has 1 aromatic carbocycles. The zero-order valence-corrected chi connectivity index (χ0v) is 11.8. The van der Waals surface area contributed by atoms with Gasteiger partial charge in [-0.1, -0.05) is 6.07 Å². The molecule has 4 heteroatoms. The molecule has 1 fully saturated rings. The molecule has 1 unspecified atom stereocenters. The average molecular weight is 259 g/mol. The summed E-state index contributed by atoms with van der Waals surface area (Å²) < 4.78 is 0. The third kappa shape index (κ3) is 3.46. The molecule has 102 valence electrons. The fourth-order valence-electron chi connectivity index (χ4n) is 2.44. The lowest BCUT2D eigenvalue weighted by Crippen LogP contribution is -2.47. The first-order valence-electron chi connectivity index (χ1n) is 6.54. The van der Waals surface area contributed by atoms with Crippen LogP contribution < -0.4 is 10.2 Å². The molecule has 0 radical (unpaired) electrons. The molecule has 2 N–H and O–H groups in total. The van der Waals surface area contributed by atoms with Gasteiger partial charge in [0.15, 0.2) is 0 Å². The molecule has 0 spiro atoms. The van der Waals surface area contributed by atoms with Crippen molar-refractivity contribution in [1.29, 1.82) is 5.26 Å². The van der Waals surface area contributed by atoms with E-state index in [0.717, 1.165) is 12.2 Å². The minimum atomic E-state index is -0.781. The number of rotatable bonds is 1. The highest BCUT2D eigenvalue weighted by molar-refractivity contribution is 5.52. The first kappa shape index (κ1) is 13.9. The molecule has 1 aliphatic rings. The topological polar surface area (TPSA) is 59.3 Å². The van der Waals surface area contributed by atoms with E-state index in [1.54, 1.807) is 6.07 Å². The van der Waals surface area contributed by atoms with Gasteiger partial charge in [0.2, 0.25) is 0 Å². The Morgan fingerprint density at radius 2 is 2.05 bits per heavy atom. The van der Waals surface area contributed by atoms with Gasteiger partial charge in [-0.2, -0.15) is 5.26 Å². The molecule has 1 saturated heterocycles. The standard InChI is InChI=1S/C15H21N3O/c1-14(2)10-18(11-15(3,19)9-17-14)13-6-4-5-12(7-13)8-16/h4-7,17,19H,9-11H2,1-3H3. The summed E-state index contributed by atoms with van der Waals surface area (Å²) in [6, 6.07) is 9.69. The maximum atomic E-state index is 10.4. The van der Waals surface area contributed by atoms with Crippen LogP contribution >= 0.6 is 0 Å². The number of hydrogen-bond donors (Lipinski definition) is 2. The molecular formula is C15H21N3O. The van der Waals surface area contributed by atoms with Crippen LogP contribution in [0.25, 0.3) is 0 Å². The average Bonchev–Trinajstić information content (AvgIpc) is 2.46. The fourth-order valence-corrected chi connectivity index (χ4v) is 2.44. The Balaban J connectivity index is 2.32. The van der Waals surface area contributed by atoms with Crippen LogP contribution in [0.5, 0.6) is 0 Å². The molecule has 0 saturated carbocycles. The van der Waals surface area contributed by atoms with Gasteiger partial charge in [0.05, 0.1) is 17.2 Å². The van der Waals surface area contributed by atoms with Crippen molar-refractivity contribution in [2.75, 3.05) is 24.5 Å². The fraction of sp³-hybridized carbons (Fsp3) is 0.533. The van der Waals surface area contributed by atoms with Crippen molar-refractivity contribution in [3.63, 3.8) is 0 Å². The van der Waals surface area contributed by atoms with E-state index < -0.39 is 5.60 Å². The summed E-state index contributed by atoms with van der Waals surface area (Å²) in [6.45, 7) is 7.98. The molecule has 0 aliphatic carbocycles. The molecule has 1 aromatic rings. The molecule has 4 nitrogen and oxygen atoms in total. The lowest BCUT2D eigenvalue weighted by molar-refractivity contribution is 0.0696. The Morgan fingerprint density at radius 1 is 1.32 bits per heavy atom. The number of nitriles is 1.